The van der Waals surface area contributed by atoms with Gasteiger partial charge in [0.05, 0.1) is 0 Å². The lowest BCUT2D eigenvalue weighted by atomic mass is 9.59. The number of aromatic hydroxyl groups is 8. The Labute approximate surface area is 722 Å². The van der Waals surface area contributed by atoms with Crippen molar-refractivity contribution < 1.29 is 50.4 Å². The number of phenolic OH excluding ortho intramolecular Hbond substituents is 8. The maximum Gasteiger partial charge on any atom is 0.234 e. The molecule has 1 saturated heterocycles. The number of Topliss-reactive ketones (excluding diaryl/α,β-unsaturated/α-hetero) is 1. The Balaban J connectivity index is 1.49. The van der Waals surface area contributed by atoms with Crippen LogP contribution in [0.2, 0.25) is 0 Å². The summed E-state index contributed by atoms with van der Waals surface area (Å²) in [5.74, 6) is -2.50. The summed E-state index contributed by atoms with van der Waals surface area (Å²) in [6.45, 7) is 75.5. The second-order valence-electron chi connectivity index (χ2n) is 48.1. The van der Waals surface area contributed by atoms with Crippen LogP contribution in [-0.4, -0.2) is 59.1 Å². The number of carbonyl (C=O) groups is 2. The van der Waals surface area contributed by atoms with Crippen LogP contribution in [0.15, 0.2) is 97.1 Å². The molecular formula is C109H151NO10. The van der Waals surface area contributed by atoms with E-state index in [1.807, 2.05) is 156 Å². The van der Waals surface area contributed by atoms with Gasteiger partial charge in [0.25, 0.3) is 0 Å². The van der Waals surface area contributed by atoms with E-state index < -0.39 is 72.3 Å². The number of amides is 1. The molecule has 0 aliphatic carbocycles. The van der Waals surface area contributed by atoms with Gasteiger partial charge in [0.15, 0.2) is 0 Å². The van der Waals surface area contributed by atoms with E-state index in [9.17, 15) is 40.9 Å². The van der Waals surface area contributed by atoms with Crippen molar-refractivity contribution in [2.75, 3.05) is 6.54 Å². The van der Waals surface area contributed by atoms with Gasteiger partial charge in [-0.05, 0) is 211 Å². The van der Waals surface area contributed by atoms with Crippen LogP contribution >= 0.6 is 0 Å². The summed E-state index contributed by atoms with van der Waals surface area (Å²) in [4.78, 5) is 35.5. The molecule has 1 atom stereocenters. The van der Waals surface area contributed by atoms with Crippen molar-refractivity contribution in [3.8, 4) is 46.0 Å². The second-order valence-corrected chi connectivity index (χ2v) is 48.1. The maximum atomic E-state index is 18.4. The minimum Gasteiger partial charge on any atom is -0.507 e. The van der Waals surface area contributed by atoms with Crippen molar-refractivity contribution in [2.24, 2.45) is 5.41 Å². The predicted octanol–water partition coefficient (Wildman–Crippen LogP) is 26.1. The molecule has 9 N–H and O–H groups in total. The first-order valence-corrected chi connectivity index (χ1v) is 43.9. The summed E-state index contributed by atoms with van der Waals surface area (Å²) in [5, 5.41) is 107. The lowest BCUT2D eigenvalue weighted by Crippen LogP contribution is -2.54. The molecule has 1 aliphatic heterocycles. The van der Waals surface area contributed by atoms with Gasteiger partial charge in [0.1, 0.15) is 57.2 Å². The zero-order valence-electron chi connectivity index (χ0n) is 80.4. The van der Waals surface area contributed by atoms with Crippen LogP contribution in [0.3, 0.4) is 0 Å². The van der Waals surface area contributed by atoms with Gasteiger partial charge in [-0.1, -0.05) is 346 Å². The number of benzene rings is 8. The van der Waals surface area contributed by atoms with E-state index in [0.29, 0.717) is 95.4 Å². The Morgan fingerprint density at radius 3 is 0.675 bits per heavy atom. The van der Waals surface area contributed by atoms with Crippen molar-refractivity contribution in [1.82, 2.24) is 5.32 Å². The van der Waals surface area contributed by atoms with Crippen molar-refractivity contribution in [1.29, 1.82) is 0 Å². The van der Waals surface area contributed by atoms with Crippen molar-refractivity contribution in [3.63, 3.8) is 0 Å². The predicted molar refractivity (Wildman–Crippen MR) is 498 cm³/mol. The highest BCUT2D eigenvalue weighted by atomic mass is 16.3. The molecule has 0 spiro atoms. The van der Waals surface area contributed by atoms with Crippen LogP contribution in [0.1, 0.15) is 414 Å². The number of phenols is 8. The van der Waals surface area contributed by atoms with Crippen LogP contribution < -0.4 is 5.32 Å². The van der Waals surface area contributed by atoms with E-state index in [0.717, 1.165) is 44.5 Å². The Morgan fingerprint density at radius 1 is 0.283 bits per heavy atom. The molecule has 652 valence electrons. The average Bonchev–Trinajstić information content (AvgIpc) is 0.722. The summed E-state index contributed by atoms with van der Waals surface area (Å²) in [6.07, 6.45) is 0.384. The third kappa shape index (κ3) is 20.0. The summed E-state index contributed by atoms with van der Waals surface area (Å²) in [7, 11) is 0. The van der Waals surface area contributed by atoms with E-state index in [4.69, 9.17) is 0 Å². The Kier molecular flexibility index (Phi) is 25.5. The molecule has 11 nitrogen and oxygen atoms in total. The van der Waals surface area contributed by atoms with Gasteiger partial charge in [-0.25, -0.2) is 0 Å². The molecular weight excluding hydrogens is 1480 g/mol. The molecule has 1 heterocycles. The molecule has 120 heavy (non-hydrogen) atoms. The molecule has 0 bridgehead atoms. The molecule has 1 amide bonds. The van der Waals surface area contributed by atoms with Crippen LogP contribution in [0.25, 0.3) is 0 Å². The Hall–Kier alpha value is -8.70. The monoisotopic (exact) mass is 1630 g/mol. The lowest BCUT2D eigenvalue weighted by Gasteiger charge is -2.43. The standard InChI is InChI=1S/C109H151NO10/c1-97(2,3)73-48-69(92(116)82(56-73)105(25,26)27)44-65-40-61(52-78(88(65)112)101(13,14)15)77(62-41-66(89(113)79(53-62)102(16,17)18)45-70-49-74(98(4,5)6)57-83(93(70)117)106(28,29)30)60-86(111)109(38-37-39-110-96(109)120)87(63-42-67(90(114)80(54-63)103(19,20)21)46-71-50-75(99(7,8)9)58-84(94(71)118)107(31,32)33)64-43-68(91(115)81(55-64)104(22,23)24)47-72-51-76(100(10,11)12)59-85(95(72)119)108(34,35)36/h40-43,48-59,77,87,112-119H,37-39,44-47,60H2,1-36H3,(H,110,120). The van der Waals surface area contributed by atoms with Gasteiger partial charge in [-0.3, -0.25) is 9.59 Å². The first-order valence-electron chi connectivity index (χ1n) is 43.9. The van der Waals surface area contributed by atoms with Crippen molar-refractivity contribution >= 4 is 11.7 Å². The zero-order chi connectivity index (χ0) is 91.0. The molecule has 1 fully saturated rings. The highest BCUT2D eigenvalue weighted by Gasteiger charge is 2.55. The number of carbonyl (C=O) groups excluding carboxylic acids is 2. The number of ketones is 1. The summed E-state index contributed by atoms with van der Waals surface area (Å²) in [5.41, 5.74) is 7.70. The molecule has 0 radical (unpaired) electrons. The average molecular weight is 1640 g/mol. The van der Waals surface area contributed by atoms with E-state index in [2.05, 4.69) is 196 Å². The van der Waals surface area contributed by atoms with Gasteiger partial charge in [0, 0.05) is 50.5 Å². The van der Waals surface area contributed by atoms with Crippen LogP contribution in [0.4, 0.5) is 0 Å². The zero-order valence-corrected chi connectivity index (χ0v) is 80.4. The number of hydrogen-bond donors (Lipinski definition) is 9. The molecule has 11 heteroatoms. The van der Waals surface area contributed by atoms with Gasteiger partial charge in [-0.15, -0.1) is 0 Å². The van der Waals surface area contributed by atoms with Gasteiger partial charge < -0.3 is 46.2 Å². The van der Waals surface area contributed by atoms with Gasteiger partial charge in [0.2, 0.25) is 5.91 Å². The first-order chi connectivity index (χ1) is 54.2. The summed E-state index contributed by atoms with van der Waals surface area (Å²) < 4.78 is 0. The van der Waals surface area contributed by atoms with Crippen LogP contribution in [0.5, 0.6) is 46.0 Å². The number of rotatable bonds is 16. The fraction of sp³-hybridized carbons (Fsp3) is 0.541. The maximum absolute atomic E-state index is 18.4. The van der Waals surface area contributed by atoms with Gasteiger partial charge in [-0.2, -0.15) is 0 Å². The minimum atomic E-state index is -2.02. The minimum absolute atomic E-state index is 0.0128. The largest absolute Gasteiger partial charge is 0.507 e. The number of hydrogen-bond acceptors (Lipinski definition) is 10. The second kappa shape index (κ2) is 32.2. The highest BCUT2D eigenvalue weighted by Crippen LogP contribution is 2.56. The van der Waals surface area contributed by atoms with Crippen molar-refractivity contribution in [3.05, 3.63) is 231 Å². The Bertz CT molecular complexity index is 4940. The molecule has 1 aliphatic rings. The number of piperidine rings is 1. The topological polar surface area (TPSA) is 208 Å². The summed E-state index contributed by atoms with van der Waals surface area (Å²) >= 11 is 0. The fourth-order valence-corrected chi connectivity index (χ4v) is 17.7. The normalized spacial score (nSPS) is 15.5. The fourth-order valence-electron chi connectivity index (χ4n) is 17.7. The quantitative estimate of drug-likeness (QED) is 0.0418. The molecule has 1 unspecified atom stereocenters. The van der Waals surface area contributed by atoms with Crippen LogP contribution in [0, 0.1) is 5.41 Å². The SMILES string of the molecule is CC(C)(C)c1cc(Cc2cc(C(CC(=O)C3(C(c4cc(Cc5cc(C(C)(C)C)cc(C(C)(C)C)c5O)c(O)c(C(C)(C)C)c4)c4cc(Cc5cc(C(C)(C)C)cc(C(C)(C)C)c5O)c(O)c(C(C)(C)C)c4)CCCNC3=O)c3cc(Cc4cc(C(C)(C)C)cc(C(C)(C)C)c4O)c(O)c(C(C)(C)C)c3)cc(C(C)(C)C)c2O)c(O)c(C(C)(C)C)c1. The van der Waals surface area contributed by atoms with E-state index in [-0.39, 0.29) is 113 Å². The van der Waals surface area contributed by atoms with E-state index >= 15 is 9.59 Å². The summed E-state index contributed by atoms with van der Waals surface area (Å²) in [6, 6.07) is 32.2. The lowest BCUT2D eigenvalue weighted by molar-refractivity contribution is -0.146. The first kappa shape index (κ1) is 95.1. The van der Waals surface area contributed by atoms with Gasteiger partial charge >= 0.3 is 0 Å². The van der Waals surface area contributed by atoms with E-state index in [1.165, 1.54) is 0 Å². The molecule has 9 rings (SSSR count). The third-order valence-corrected chi connectivity index (χ3v) is 25.3. The highest BCUT2D eigenvalue weighted by molar-refractivity contribution is 6.08. The molecule has 8 aromatic carbocycles. The molecule has 0 saturated carbocycles. The number of nitrogens with one attached hydrogen (secondary N) is 1. The molecule has 0 aromatic heterocycles. The molecule has 8 aromatic rings. The van der Waals surface area contributed by atoms with E-state index in [1.54, 1.807) is 0 Å². The van der Waals surface area contributed by atoms with Crippen molar-refractivity contribution in [2.45, 2.75) is 371 Å². The Morgan fingerprint density at radius 2 is 0.475 bits per heavy atom. The smallest absolute Gasteiger partial charge is 0.234 e. The third-order valence-electron chi connectivity index (χ3n) is 25.3. The van der Waals surface area contributed by atoms with Crippen LogP contribution in [-0.2, 0) is 100 Å².